The molecular weight excluding hydrogens is 476 g/mol. The van der Waals surface area contributed by atoms with Crippen molar-refractivity contribution in [3.8, 4) is 11.5 Å². The number of anilines is 2. The van der Waals surface area contributed by atoms with Crippen LogP contribution in [0.5, 0.6) is 11.5 Å². The number of carbonyl (C=O) groups excluding carboxylic acids is 4. The molecule has 3 aliphatic heterocycles. The minimum Gasteiger partial charge on any atom is -0.497 e. The van der Waals surface area contributed by atoms with E-state index in [1.165, 1.54) is 9.80 Å². The Labute approximate surface area is 215 Å². The second-order valence-corrected chi connectivity index (χ2v) is 9.40. The van der Waals surface area contributed by atoms with Crippen molar-refractivity contribution in [3.63, 3.8) is 0 Å². The van der Waals surface area contributed by atoms with Crippen molar-refractivity contribution in [2.24, 2.45) is 0 Å². The average molecular weight is 507 g/mol. The van der Waals surface area contributed by atoms with Gasteiger partial charge in [-0.15, -0.1) is 0 Å². The maximum Gasteiger partial charge on any atom is 0.251 e. The molecule has 0 bridgehead atoms. The van der Waals surface area contributed by atoms with Crippen molar-refractivity contribution in [3.05, 3.63) is 48.5 Å². The number of hydrogen-bond donors (Lipinski definition) is 0. The van der Waals surface area contributed by atoms with Gasteiger partial charge in [0.25, 0.3) is 11.8 Å². The van der Waals surface area contributed by atoms with Crippen molar-refractivity contribution < 1.29 is 28.7 Å². The van der Waals surface area contributed by atoms with Crippen molar-refractivity contribution in [1.82, 2.24) is 9.80 Å². The molecule has 0 unspecified atom stereocenters. The summed E-state index contributed by atoms with van der Waals surface area (Å²) >= 11 is 0. The van der Waals surface area contributed by atoms with E-state index in [4.69, 9.17) is 9.47 Å². The van der Waals surface area contributed by atoms with Crippen LogP contribution in [-0.2, 0) is 19.2 Å². The smallest absolute Gasteiger partial charge is 0.251 e. The lowest BCUT2D eigenvalue weighted by atomic mass is 10.2. The number of imide groups is 2. The summed E-state index contributed by atoms with van der Waals surface area (Å²) in [6.45, 7) is 2.32. The Morgan fingerprint density at radius 1 is 0.595 bits per heavy atom. The minimum absolute atomic E-state index is 0.122. The van der Waals surface area contributed by atoms with Crippen LogP contribution in [0, 0.1) is 0 Å². The summed E-state index contributed by atoms with van der Waals surface area (Å²) in [5.74, 6) is 0.374. The zero-order chi connectivity index (χ0) is 26.1. The fourth-order valence-electron chi connectivity index (χ4n) is 5.39. The molecule has 194 valence electrons. The maximum atomic E-state index is 13.3. The molecule has 0 radical (unpaired) electrons. The van der Waals surface area contributed by atoms with E-state index in [1.807, 2.05) is 9.80 Å². The molecule has 5 rings (SSSR count). The minimum atomic E-state index is -0.536. The van der Waals surface area contributed by atoms with Crippen LogP contribution in [0.2, 0.25) is 0 Å². The number of nitrogens with zero attached hydrogens (tertiary/aromatic N) is 4. The van der Waals surface area contributed by atoms with E-state index in [1.54, 1.807) is 62.8 Å². The van der Waals surface area contributed by atoms with Crippen LogP contribution in [0.15, 0.2) is 48.5 Å². The second kappa shape index (κ2) is 10.3. The molecule has 0 aromatic heterocycles. The van der Waals surface area contributed by atoms with Gasteiger partial charge in [-0.2, -0.15) is 0 Å². The molecule has 4 amide bonds. The number of carbonyl (C=O) groups is 4. The Balaban J connectivity index is 1.24. The van der Waals surface area contributed by atoms with E-state index < -0.39 is 12.1 Å². The van der Waals surface area contributed by atoms with Gasteiger partial charge in [0.2, 0.25) is 11.8 Å². The predicted molar refractivity (Wildman–Crippen MR) is 136 cm³/mol. The van der Waals surface area contributed by atoms with Gasteiger partial charge in [-0.1, -0.05) is 0 Å². The molecule has 2 atom stereocenters. The average Bonchev–Trinajstić information content (AvgIpc) is 3.24. The standard InChI is InChI=1S/C27H30N4O6/c1-36-20-8-4-18(5-9-20)30-24(32)16-22(26(30)34)28-12-3-13-29(15-14-28)23-17-25(33)31(27(23)35)19-6-10-21(37-2)11-7-19/h4-11,22-23H,3,12-17H2,1-2H3/t22-,23+. The van der Waals surface area contributed by atoms with E-state index in [0.717, 1.165) is 6.42 Å². The van der Waals surface area contributed by atoms with E-state index in [9.17, 15) is 19.2 Å². The largest absolute Gasteiger partial charge is 0.497 e. The molecule has 10 nitrogen and oxygen atoms in total. The summed E-state index contributed by atoms with van der Waals surface area (Å²) in [4.78, 5) is 58.7. The topological polar surface area (TPSA) is 99.7 Å². The maximum absolute atomic E-state index is 13.3. The molecule has 0 N–H and O–H groups in total. The van der Waals surface area contributed by atoms with Crippen LogP contribution in [0.3, 0.4) is 0 Å². The first-order valence-electron chi connectivity index (χ1n) is 12.4. The molecule has 3 aliphatic rings. The van der Waals surface area contributed by atoms with Crippen molar-refractivity contribution in [1.29, 1.82) is 0 Å². The van der Waals surface area contributed by atoms with E-state index in [2.05, 4.69) is 0 Å². The summed E-state index contributed by atoms with van der Waals surface area (Å²) in [6, 6.07) is 12.7. The molecule has 0 aliphatic carbocycles. The Hall–Kier alpha value is -3.76. The Morgan fingerprint density at radius 2 is 0.973 bits per heavy atom. The van der Waals surface area contributed by atoms with Gasteiger partial charge in [0.05, 0.1) is 50.5 Å². The number of rotatable bonds is 6. The van der Waals surface area contributed by atoms with Gasteiger partial charge in [-0.05, 0) is 55.0 Å². The van der Waals surface area contributed by atoms with Gasteiger partial charge in [-0.25, -0.2) is 9.80 Å². The molecule has 0 saturated carbocycles. The Bertz CT molecular complexity index is 1100. The van der Waals surface area contributed by atoms with Gasteiger partial charge < -0.3 is 9.47 Å². The molecule has 37 heavy (non-hydrogen) atoms. The number of hydrogen-bond acceptors (Lipinski definition) is 8. The highest BCUT2D eigenvalue weighted by Crippen LogP contribution is 2.30. The summed E-state index contributed by atoms with van der Waals surface area (Å²) < 4.78 is 10.3. The first-order valence-corrected chi connectivity index (χ1v) is 12.4. The molecule has 3 fully saturated rings. The first kappa shape index (κ1) is 24.9. The highest BCUT2D eigenvalue weighted by atomic mass is 16.5. The number of amides is 4. The molecular formula is C27H30N4O6. The lowest BCUT2D eigenvalue weighted by molar-refractivity contribution is -0.124. The third-order valence-electron chi connectivity index (χ3n) is 7.35. The van der Waals surface area contributed by atoms with Gasteiger partial charge in [-0.3, -0.25) is 29.0 Å². The van der Waals surface area contributed by atoms with Gasteiger partial charge in [0.15, 0.2) is 0 Å². The highest BCUT2D eigenvalue weighted by molar-refractivity contribution is 6.23. The summed E-state index contributed by atoms with van der Waals surface area (Å²) in [6.07, 6.45) is 0.967. The third-order valence-corrected chi connectivity index (χ3v) is 7.35. The lowest BCUT2D eigenvalue weighted by Crippen LogP contribution is -2.46. The van der Waals surface area contributed by atoms with Gasteiger partial charge >= 0.3 is 0 Å². The van der Waals surface area contributed by atoms with Crippen molar-refractivity contribution >= 4 is 35.0 Å². The molecule has 3 heterocycles. The van der Waals surface area contributed by atoms with Crippen LogP contribution in [0.4, 0.5) is 11.4 Å². The quantitative estimate of drug-likeness (QED) is 0.546. The second-order valence-electron chi connectivity index (χ2n) is 9.40. The fourth-order valence-corrected chi connectivity index (χ4v) is 5.39. The summed E-state index contributed by atoms with van der Waals surface area (Å²) in [5, 5.41) is 0. The molecule has 3 saturated heterocycles. The summed E-state index contributed by atoms with van der Waals surface area (Å²) in [5.41, 5.74) is 1.06. The molecule has 10 heteroatoms. The SMILES string of the molecule is COc1ccc(N2C(=O)C[C@@H](N3CCCN([C@H]4CC(=O)N(c5ccc(OC)cc5)C4=O)CC3)C2=O)cc1. The van der Waals surface area contributed by atoms with E-state index >= 15 is 0 Å². The zero-order valence-electron chi connectivity index (χ0n) is 21.0. The number of ether oxygens (including phenoxy) is 2. The monoisotopic (exact) mass is 506 g/mol. The fraction of sp³-hybridized carbons (Fsp3) is 0.407. The van der Waals surface area contributed by atoms with Crippen LogP contribution >= 0.6 is 0 Å². The van der Waals surface area contributed by atoms with Gasteiger partial charge in [0, 0.05) is 26.2 Å². The van der Waals surface area contributed by atoms with Crippen LogP contribution < -0.4 is 19.3 Å². The molecule has 2 aromatic rings. The highest BCUT2D eigenvalue weighted by Gasteiger charge is 2.45. The Morgan fingerprint density at radius 3 is 1.32 bits per heavy atom. The number of methoxy groups -OCH3 is 2. The number of benzene rings is 2. The molecule has 2 aromatic carbocycles. The van der Waals surface area contributed by atoms with E-state index in [0.29, 0.717) is 49.1 Å². The van der Waals surface area contributed by atoms with Crippen molar-refractivity contribution in [2.45, 2.75) is 31.3 Å². The first-order chi connectivity index (χ1) is 17.9. The van der Waals surface area contributed by atoms with E-state index in [-0.39, 0.29) is 36.5 Å². The molecule has 0 spiro atoms. The van der Waals surface area contributed by atoms with Crippen molar-refractivity contribution in [2.75, 3.05) is 50.2 Å². The zero-order valence-corrected chi connectivity index (χ0v) is 21.0. The third kappa shape index (κ3) is 4.70. The van der Waals surface area contributed by atoms with Crippen LogP contribution in [-0.4, -0.2) is 85.9 Å². The van der Waals surface area contributed by atoms with Crippen LogP contribution in [0.1, 0.15) is 19.3 Å². The van der Waals surface area contributed by atoms with Crippen LogP contribution in [0.25, 0.3) is 0 Å². The van der Waals surface area contributed by atoms with Gasteiger partial charge in [0.1, 0.15) is 11.5 Å². The summed E-state index contributed by atoms with van der Waals surface area (Å²) in [7, 11) is 3.12. The lowest BCUT2D eigenvalue weighted by Gasteiger charge is -2.27. The normalized spacial score (nSPS) is 23.6. The Kier molecular flexibility index (Phi) is 6.94. The predicted octanol–water partition coefficient (Wildman–Crippen LogP) is 1.68.